The maximum Gasteiger partial charge on any atom is 0.308 e. The van der Waals surface area contributed by atoms with Crippen molar-refractivity contribution in [1.82, 2.24) is 4.90 Å². The van der Waals surface area contributed by atoms with E-state index in [0.29, 0.717) is 32.5 Å². The van der Waals surface area contributed by atoms with E-state index >= 15 is 0 Å². The smallest absolute Gasteiger partial charge is 0.308 e. The monoisotopic (exact) mass is 256 g/mol. The summed E-state index contributed by atoms with van der Waals surface area (Å²) in [5.41, 5.74) is 5.40. The lowest BCUT2D eigenvalue weighted by molar-refractivity contribution is -0.145. The molecule has 5 nitrogen and oxygen atoms in total. The van der Waals surface area contributed by atoms with Crippen LogP contribution in [0.4, 0.5) is 0 Å². The molecule has 0 spiro atoms. The average molecular weight is 256 g/mol. The maximum absolute atomic E-state index is 11.9. The SMILES string of the molecule is NCCCCCCC(=O)N1CCC[C@@H](C(=O)O)C1. The Hall–Kier alpha value is -1.10. The zero-order valence-electron chi connectivity index (χ0n) is 10.9. The minimum atomic E-state index is -0.782. The van der Waals surface area contributed by atoms with Gasteiger partial charge >= 0.3 is 5.97 Å². The van der Waals surface area contributed by atoms with Gasteiger partial charge in [-0.3, -0.25) is 9.59 Å². The van der Waals surface area contributed by atoms with Gasteiger partial charge in [-0.15, -0.1) is 0 Å². The van der Waals surface area contributed by atoms with Crippen LogP contribution in [-0.2, 0) is 9.59 Å². The van der Waals surface area contributed by atoms with Gasteiger partial charge in [0.05, 0.1) is 5.92 Å². The first-order chi connectivity index (χ1) is 8.65. The molecule has 0 bridgehead atoms. The third kappa shape index (κ3) is 5.04. The minimum absolute atomic E-state index is 0.105. The molecule has 0 unspecified atom stereocenters. The van der Waals surface area contributed by atoms with E-state index < -0.39 is 5.97 Å². The van der Waals surface area contributed by atoms with Gasteiger partial charge in [0.25, 0.3) is 0 Å². The maximum atomic E-state index is 11.9. The Morgan fingerprint density at radius 3 is 2.61 bits per heavy atom. The van der Waals surface area contributed by atoms with Crippen molar-refractivity contribution in [2.24, 2.45) is 11.7 Å². The zero-order valence-corrected chi connectivity index (χ0v) is 10.9. The number of amides is 1. The molecule has 0 saturated carbocycles. The molecule has 0 aliphatic carbocycles. The Balaban J connectivity index is 2.22. The predicted octanol–water partition coefficient (Wildman–Crippen LogP) is 1.22. The van der Waals surface area contributed by atoms with Crippen LogP contribution < -0.4 is 5.73 Å². The number of carboxylic acid groups (broad SMARTS) is 1. The van der Waals surface area contributed by atoms with Gasteiger partial charge in [0.1, 0.15) is 0 Å². The lowest BCUT2D eigenvalue weighted by Gasteiger charge is -2.30. The van der Waals surface area contributed by atoms with Gasteiger partial charge in [0, 0.05) is 19.5 Å². The molecular formula is C13H24N2O3. The number of likely N-dealkylation sites (tertiary alicyclic amines) is 1. The molecular weight excluding hydrogens is 232 g/mol. The summed E-state index contributed by atoms with van der Waals surface area (Å²) in [4.78, 5) is 24.5. The third-order valence-electron chi connectivity index (χ3n) is 3.47. The van der Waals surface area contributed by atoms with Crippen LogP contribution in [0.3, 0.4) is 0 Å². The number of piperidine rings is 1. The molecule has 18 heavy (non-hydrogen) atoms. The van der Waals surface area contributed by atoms with Crippen LogP contribution in [0.15, 0.2) is 0 Å². The molecule has 1 saturated heterocycles. The van der Waals surface area contributed by atoms with Crippen LogP contribution in [0.5, 0.6) is 0 Å². The van der Waals surface area contributed by atoms with Crippen molar-refractivity contribution in [2.45, 2.75) is 44.9 Å². The molecule has 0 aromatic carbocycles. The number of nitrogens with zero attached hydrogens (tertiary/aromatic N) is 1. The first kappa shape index (κ1) is 15.0. The van der Waals surface area contributed by atoms with Gasteiger partial charge in [-0.1, -0.05) is 12.8 Å². The number of carboxylic acids is 1. The van der Waals surface area contributed by atoms with Gasteiger partial charge in [-0.2, -0.15) is 0 Å². The van der Waals surface area contributed by atoms with Gasteiger partial charge in [0.2, 0.25) is 5.91 Å². The molecule has 1 amide bonds. The topological polar surface area (TPSA) is 83.6 Å². The molecule has 0 aromatic rings. The lowest BCUT2D eigenvalue weighted by Crippen LogP contribution is -2.42. The number of carbonyl (C=O) groups excluding carboxylic acids is 1. The number of unbranched alkanes of at least 4 members (excludes halogenated alkanes) is 3. The van der Waals surface area contributed by atoms with Crippen LogP contribution in [0.1, 0.15) is 44.9 Å². The molecule has 5 heteroatoms. The van der Waals surface area contributed by atoms with Crippen molar-refractivity contribution in [2.75, 3.05) is 19.6 Å². The first-order valence-electron chi connectivity index (χ1n) is 6.85. The van der Waals surface area contributed by atoms with Crippen LogP contribution >= 0.6 is 0 Å². The zero-order chi connectivity index (χ0) is 13.4. The fourth-order valence-electron chi connectivity index (χ4n) is 2.34. The van der Waals surface area contributed by atoms with E-state index in [1.165, 1.54) is 0 Å². The quantitative estimate of drug-likeness (QED) is 0.671. The highest BCUT2D eigenvalue weighted by atomic mass is 16.4. The van der Waals surface area contributed by atoms with Gasteiger partial charge < -0.3 is 15.7 Å². The number of aliphatic carboxylic acids is 1. The van der Waals surface area contributed by atoms with Crippen LogP contribution in [0.2, 0.25) is 0 Å². The van der Waals surface area contributed by atoms with E-state index in [9.17, 15) is 9.59 Å². The summed E-state index contributed by atoms with van der Waals surface area (Å²) in [6.07, 6.45) is 6.02. The van der Waals surface area contributed by atoms with Crippen LogP contribution in [0.25, 0.3) is 0 Å². The predicted molar refractivity (Wildman–Crippen MR) is 69.1 cm³/mol. The summed E-state index contributed by atoms with van der Waals surface area (Å²) in [5.74, 6) is -1.05. The highest BCUT2D eigenvalue weighted by Crippen LogP contribution is 2.18. The number of hydrogen-bond donors (Lipinski definition) is 2. The van der Waals surface area contributed by atoms with E-state index in [1.54, 1.807) is 4.90 Å². The summed E-state index contributed by atoms with van der Waals surface area (Å²) in [5, 5.41) is 8.96. The van der Waals surface area contributed by atoms with Crippen molar-refractivity contribution in [1.29, 1.82) is 0 Å². The summed E-state index contributed by atoms with van der Waals surface area (Å²) in [6, 6.07) is 0. The highest BCUT2D eigenvalue weighted by molar-refractivity contribution is 5.78. The largest absolute Gasteiger partial charge is 0.481 e. The van der Waals surface area contributed by atoms with E-state index in [-0.39, 0.29) is 11.8 Å². The second-order valence-electron chi connectivity index (χ2n) is 4.97. The minimum Gasteiger partial charge on any atom is -0.481 e. The molecule has 1 atom stereocenters. The standard InChI is InChI=1S/C13H24N2O3/c14-8-4-2-1-3-7-12(16)15-9-5-6-11(10-15)13(17)18/h11H,1-10,14H2,(H,17,18)/t11-/m1/s1. The average Bonchev–Trinajstić information content (AvgIpc) is 2.38. The molecule has 1 aliphatic rings. The second kappa shape index (κ2) is 8.08. The molecule has 1 rings (SSSR count). The van der Waals surface area contributed by atoms with E-state index in [1.807, 2.05) is 0 Å². The lowest BCUT2D eigenvalue weighted by atomic mass is 9.98. The number of carbonyl (C=O) groups is 2. The van der Waals surface area contributed by atoms with Crippen molar-refractivity contribution in [3.63, 3.8) is 0 Å². The van der Waals surface area contributed by atoms with Gasteiger partial charge in [-0.25, -0.2) is 0 Å². The molecule has 3 N–H and O–H groups in total. The second-order valence-corrected chi connectivity index (χ2v) is 4.97. The van der Waals surface area contributed by atoms with Crippen LogP contribution in [-0.4, -0.2) is 41.5 Å². The third-order valence-corrected chi connectivity index (χ3v) is 3.47. The fraction of sp³-hybridized carbons (Fsp3) is 0.846. The van der Waals surface area contributed by atoms with Crippen molar-refractivity contribution in [3.8, 4) is 0 Å². The van der Waals surface area contributed by atoms with E-state index in [0.717, 1.165) is 32.1 Å². The summed E-state index contributed by atoms with van der Waals surface area (Å²) >= 11 is 0. The van der Waals surface area contributed by atoms with Crippen molar-refractivity contribution in [3.05, 3.63) is 0 Å². The number of nitrogens with two attached hydrogens (primary N) is 1. The first-order valence-corrected chi connectivity index (χ1v) is 6.85. The molecule has 1 fully saturated rings. The Labute approximate surface area is 108 Å². The van der Waals surface area contributed by atoms with Gasteiger partial charge in [-0.05, 0) is 32.2 Å². The summed E-state index contributed by atoms with van der Waals surface area (Å²) in [6.45, 7) is 1.81. The Morgan fingerprint density at radius 1 is 1.22 bits per heavy atom. The summed E-state index contributed by atoms with van der Waals surface area (Å²) in [7, 11) is 0. The summed E-state index contributed by atoms with van der Waals surface area (Å²) < 4.78 is 0. The molecule has 0 radical (unpaired) electrons. The van der Waals surface area contributed by atoms with E-state index in [2.05, 4.69) is 0 Å². The Morgan fingerprint density at radius 2 is 1.94 bits per heavy atom. The highest BCUT2D eigenvalue weighted by Gasteiger charge is 2.27. The van der Waals surface area contributed by atoms with Crippen LogP contribution in [0, 0.1) is 5.92 Å². The Bertz CT molecular complexity index is 281. The fourth-order valence-corrected chi connectivity index (χ4v) is 2.34. The number of rotatable bonds is 7. The number of hydrogen-bond acceptors (Lipinski definition) is 3. The van der Waals surface area contributed by atoms with E-state index in [4.69, 9.17) is 10.8 Å². The molecule has 0 aromatic heterocycles. The molecule has 104 valence electrons. The normalized spacial score (nSPS) is 19.8. The molecule has 1 aliphatic heterocycles. The van der Waals surface area contributed by atoms with Gasteiger partial charge in [0.15, 0.2) is 0 Å². The Kier molecular flexibility index (Phi) is 6.72. The van der Waals surface area contributed by atoms with Crippen molar-refractivity contribution < 1.29 is 14.7 Å². The van der Waals surface area contributed by atoms with Crippen molar-refractivity contribution >= 4 is 11.9 Å². The molecule has 1 heterocycles.